The summed E-state index contributed by atoms with van der Waals surface area (Å²) in [6, 6.07) is 45.7. The fourth-order valence-corrected chi connectivity index (χ4v) is 6.60. The van der Waals surface area contributed by atoms with E-state index in [9.17, 15) is 0 Å². The molecule has 0 spiro atoms. The van der Waals surface area contributed by atoms with Gasteiger partial charge >= 0.3 is 0 Å². The lowest BCUT2D eigenvalue weighted by Gasteiger charge is -2.14. The molecule has 0 atom stereocenters. The van der Waals surface area contributed by atoms with Gasteiger partial charge in [-0.1, -0.05) is 109 Å². The molecule has 9 rings (SSSR count). The lowest BCUT2D eigenvalue weighted by molar-refractivity contribution is 0.666. The molecule has 176 valence electrons. The number of hydrogen-bond donors (Lipinski definition) is 0. The molecule has 0 aliphatic carbocycles. The molecule has 38 heavy (non-hydrogen) atoms. The van der Waals surface area contributed by atoms with Crippen LogP contribution in [0.4, 0.5) is 0 Å². The van der Waals surface area contributed by atoms with Gasteiger partial charge < -0.3 is 8.98 Å². The number of para-hydroxylation sites is 3. The van der Waals surface area contributed by atoms with Gasteiger partial charge in [0, 0.05) is 26.9 Å². The van der Waals surface area contributed by atoms with Crippen LogP contribution < -0.4 is 0 Å². The van der Waals surface area contributed by atoms with Crippen molar-refractivity contribution in [3.05, 3.63) is 127 Å². The van der Waals surface area contributed by atoms with Crippen molar-refractivity contribution in [1.82, 2.24) is 4.57 Å². The van der Waals surface area contributed by atoms with Gasteiger partial charge in [-0.3, -0.25) is 0 Å². The Hall–Kier alpha value is -5.08. The summed E-state index contributed by atoms with van der Waals surface area (Å²) in [5.74, 6) is 0. The molecule has 7 aromatic carbocycles. The summed E-state index contributed by atoms with van der Waals surface area (Å²) in [5.41, 5.74) is 5.30. The molecule has 2 nitrogen and oxygen atoms in total. The number of hydrogen-bond acceptors (Lipinski definition) is 1. The standard InChI is InChI=1S/C36H21NO/c1-2-11-23-22(10-1)20-21-29-33(23)25-13-3-4-14-26(25)35-34(29)28-15-5-7-17-30(28)37(35)31-18-9-16-27-24-12-6-8-19-32(24)38-36(27)31/h1-21H. The maximum absolute atomic E-state index is 6.54. The molecule has 0 N–H and O–H groups in total. The molecule has 0 saturated carbocycles. The second-order valence-electron chi connectivity index (χ2n) is 10.1. The molecule has 0 saturated heterocycles. The first kappa shape index (κ1) is 20.0. The van der Waals surface area contributed by atoms with Crippen molar-refractivity contribution in [2.45, 2.75) is 0 Å². The summed E-state index contributed by atoms with van der Waals surface area (Å²) in [7, 11) is 0. The van der Waals surface area contributed by atoms with Gasteiger partial charge in [-0.05, 0) is 45.1 Å². The van der Waals surface area contributed by atoms with Crippen LogP contribution in [-0.4, -0.2) is 4.57 Å². The zero-order valence-corrected chi connectivity index (χ0v) is 20.5. The van der Waals surface area contributed by atoms with Crippen molar-refractivity contribution in [3.63, 3.8) is 0 Å². The molecule has 9 aromatic rings. The van der Waals surface area contributed by atoms with E-state index in [-0.39, 0.29) is 0 Å². The molecule has 2 aromatic heterocycles. The SMILES string of the molecule is c1ccc2c(c1)ccc1c2c2ccccc2c2c1c1ccccc1n2-c1cccc2c1oc1ccccc12. The summed E-state index contributed by atoms with van der Waals surface area (Å²) in [4.78, 5) is 0. The monoisotopic (exact) mass is 483 g/mol. The number of fused-ring (bicyclic) bond motifs is 13. The quantitative estimate of drug-likeness (QED) is 0.212. The predicted octanol–water partition coefficient (Wildman–Crippen LogP) is 10.1. The van der Waals surface area contributed by atoms with Crippen LogP contribution in [0.15, 0.2) is 132 Å². The van der Waals surface area contributed by atoms with Crippen molar-refractivity contribution in [2.75, 3.05) is 0 Å². The topological polar surface area (TPSA) is 18.1 Å². The number of aromatic nitrogens is 1. The van der Waals surface area contributed by atoms with E-state index in [2.05, 4.69) is 126 Å². The molecule has 2 heteroatoms. The first-order valence-corrected chi connectivity index (χ1v) is 13.0. The minimum absolute atomic E-state index is 0.914. The van der Waals surface area contributed by atoms with Gasteiger partial charge in [0.05, 0.1) is 16.7 Å². The normalized spacial score (nSPS) is 12.2. The van der Waals surface area contributed by atoms with Gasteiger partial charge in [0.15, 0.2) is 5.58 Å². The molecule has 0 radical (unpaired) electrons. The second-order valence-corrected chi connectivity index (χ2v) is 10.1. The highest BCUT2D eigenvalue weighted by molar-refractivity contribution is 6.36. The third-order valence-corrected chi connectivity index (χ3v) is 8.15. The highest BCUT2D eigenvalue weighted by Crippen LogP contribution is 2.45. The molecule has 0 fully saturated rings. The Kier molecular flexibility index (Phi) is 3.82. The van der Waals surface area contributed by atoms with E-state index in [1.807, 2.05) is 6.07 Å². The average Bonchev–Trinajstić information content (AvgIpc) is 3.53. The summed E-state index contributed by atoms with van der Waals surface area (Å²) in [6.45, 7) is 0. The Morgan fingerprint density at radius 2 is 1.11 bits per heavy atom. The molecular weight excluding hydrogens is 462 g/mol. The summed E-state index contributed by atoms with van der Waals surface area (Å²) in [5, 5.41) is 12.5. The Morgan fingerprint density at radius 1 is 0.421 bits per heavy atom. The smallest absolute Gasteiger partial charge is 0.159 e. The zero-order valence-electron chi connectivity index (χ0n) is 20.5. The van der Waals surface area contributed by atoms with Crippen LogP contribution in [0.1, 0.15) is 0 Å². The third kappa shape index (κ3) is 2.47. The second kappa shape index (κ2) is 7.24. The van der Waals surface area contributed by atoms with Crippen LogP contribution in [0.2, 0.25) is 0 Å². The van der Waals surface area contributed by atoms with Crippen LogP contribution in [-0.2, 0) is 0 Å². The van der Waals surface area contributed by atoms with E-state index in [1.54, 1.807) is 0 Å². The van der Waals surface area contributed by atoms with E-state index >= 15 is 0 Å². The maximum atomic E-state index is 6.54. The Labute approximate surface area is 217 Å². The van der Waals surface area contributed by atoms with Crippen LogP contribution in [0.3, 0.4) is 0 Å². The van der Waals surface area contributed by atoms with Crippen LogP contribution >= 0.6 is 0 Å². The fraction of sp³-hybridized carbons (Fsp3) is 0. The van der Waals surface area contributed by atoms with E-state index in [0.29, 0.717) is 0 Å². The minimum Gasteiger partial charge on any atom is -0.454 e. The molecule has 0 aliphatic rings. The van der Waals surface area contributed by atoms with Gasteiger partial charge in [0.1, 0.15) is 5.58 Å². The van der Waals surface area contributed by atoms with Gasteiger partial charge in [-0.25, -0.2) is 0 Å². The third-order valence-electron chi connectivity index (χ3n) is 8.15. The van der Waals surface area contributed by atoms with E-state index in [0.717, 1.165) is 27.6 Å². The van der Waals surface area contributed by atoms with Gasteiger partial charge in [-0.15, -0.1) is 0 Å². The Bertz CT molecular complexity index is 2400. The first-order valence-electron chi connectivity index (χ1n) is 13.0. The highest BCUT2D eigenvalue weighted by atomic mass is 16.3. The van der Waals surface area contributed by atoms with Gasteiger partial charge in [0.25, 0.3) is 0 Å². The number of rotatable bonds is 1. The van der Waals surface area contributed by atoms with E-state index in [4.69, 9.17) is 4.42 Å². The highest BCUT2D eigenvalue weighted by Gasteiger charge is 2.22. The van der Waals surface area contributed by atoms with Crippen molar-refractivity contribution in [3.8, 4) is 5.69 Å². The van der Waals surface area contributed by atoms with Gasteiger partial charge in [0.2, 0.25) is 0 Å². The first-order chi connectivity index (χ1) is 18.9. The Morgan fingerprint density at radius 3 is 2.00 bits per heavy atom. The van der Waals surface area contributed by atoms with E-state index < -0.39 is 0 Å². The lowest BCUT2D eigenvalue weighted by Crippen LogP contribution is -1.95. The zero-order chi connectivity index (χ0) is 24.8. The fourth-order valence-electron chi connectivity index (χ4n) is 6.60. The Balaban J connectivity index is 1.59. The summed E-state index contributed by atoms with van der Waals surface area (Å²) >= 11 is 0. The lowest BCUT2D eigenvalue weighted by atomic mass is 9.93. The van der Waals surface area contributed by atoms with Crippen LogP contribution in [0.25, 0.3) is 81.7 Å². The van der Waals surface area contributed by atoms with Crippen LogP contribution in [0, 0.1) is 0 Å². The molecule has 0 bridgehead atoms. The average molecular weight is 484 g/mol. The predicted molar refractivity (Wildman–Crippen MR) is 161 cm³/mol. The van der Waals surface area contributed by atoms with Crippen molar-refractivity contribution in [2.24, 2.45) is 0 Å². The molecule has 0 amide bonds. The number of benzene rings is 7. The van der Waals surface area contributed by atoms with E-state index in [1.165, 1.54) is 54.1 Å². The van der Waals surface area contributed by atoms with Gasteiger partial charge in [-0.2, -0.15) is 0 Å². The van der Waals surface area contributed by atoms with Crippen molar-refractivity contribution < 1.29 is 4.42 Å². The largest absolute Gasteiger partial charge is 0.454 e. The molecule has 0 unspecified atom stereocenters. The summed E-state index contributed by atoms with van der Waals surface area (Å²) in [6.07, 6.45) is 0. The molecule has 0 aliphatic heterocycles. The maximum Gasteiger partial charge on any atom is 0.159 e. The van der Waals surface area contributed by atoms with Crippen LogP contribution in [0.5, 0.6) is 0 Å². The van der Waals surface area contributed by atoms with Crippen molar-refractivity contribution >= 4 is 76.1 Å². The summed E-state index contributed by atoms with van der Waals surface area (Å²) < 4.78 is 8.96. The molecule has 2 heterocycles. The molecular formula is C36H21NO. The number of furan rings is 1. The van der Waals surface area contributed by atoms with Crippen molar-refractivity contribution in [1.29, 1.82) is 0 Å². The minimum atomic E-state index is 0.914. The number of nitrogens with zero attached hydrogens (tertiary/aromatic N) is 1.